The Morgan fingerprint density at radius 3 is 2.36 bits per heavy atom. The van der Waals surface area contributed by atoms with Crippen molar-refractivity contribution in [2.75, 3.05) is 7.11 Å². The summed E-state index contributed by atoms with van der Waals surface area (Å²) in [5.41, 5.74) is 5.02. The predicted molar refractivity (Wildman–Crippen MR) is 168 cm³/mol. The summed E-state index contributed by atoms with van der Waals surface area (Å²) >= 11 is 8.00. The highest BCUT2D eigenvalue weighted by Crippen LogP contribution is 2.32. The molecule has 5 rings (SSSR count). The van der Waals surface area contributed by atoms with Crippen LogP contribution in [0, 0.1) is 13.8 Å². The summed E-state index contributed by atoms with van der Waals surface area (Å²) < 4.78 is 37.4. The zero-order chi connectivity index (χ0) is 29.7. The van der Waals surface area contributed by atoms with Crippen molar-refractivity contribution in [1.29, 1.82) is 0 Å². The van der Waals surface area contributed by atoms with Crippen molar-refractivity contribution >= 4 is 33.4 Å². The maximum absolute atomic E-state index is 13.7. The predicted octanol–water partition coefficient (Wildman–Crippen LogP) is 7.10. The molecule has 7 nitrogen and oxygen atoms in total. The second kappa shape index (κ2) is 13.1. The monoisotopic (exact) mass is 618 g/mol. The molecule has 0 aliphatic carbocycles. The summed E-state index contributed by atoms with van der Waals surface area (Å²) in [6.45, 7) is 4.05. The minimum atomic E-state index is -3.94. The molecule has 4 aromatic carbocycles. The Labute approximate surface area is 256 Å². The fourth-order valence-electron chi connectivity index (χ4n) is 4.65. The maximum Gasteiger partial charge on any atom is 0.241 e. The molecule has 0 amide bonds. The van der Waals surface area contributed by atoms with Gasteiger partial charge < -0.3 is 4.74 Å². The van der Waals surface area contributed by atoms with Crippen molar-refractivity contribution < 1.29 is 13.2 Å². The number of halogens is 1. The van der Waals surface area contributed by atoms with Crippen LogP contribution < -0.4 is 9.46 Å². The van der Waals surface area contributed by atoms with E-state index < -0.39 is 16.1 Å². The van der Waals surface area contributed by atoms with E-state index in [9.17, 15) is 8.42 Å². The third-order valence-corrected chi connectivity index (χ3v) is 9.51. The highest BCUT2D eigenvalue weighted by molar-refractivity contribution is 7.98. The smallest absolute Gasteiger partial charge is 0.241 e. The first kappa shape index (κ1) is 29.8. The molecule has 0 bridgehead atoms. The van der Waals surface area contributed by atoms with Gasteiger partial charge in [0.25, 0.3) is 0 Å². The van der Waals surface area contributed by atoms with Crippen LogP contribution in [0.1, 0.15) is 34.1 Å². The summed E-state index contributed by atoms with van der Waals surface area (Å²) in [6, 6.07) is 29.2. The molecule has 216 valence electrons. The highest BCUT2D eigenvalue weighted by atomic mass is 35.5. The number of aromatic nitrogens is 3. The molecule has 0 spiro atoms. The number of nitrogens with zero attached hydrogens (tertiary/aromatic N) is 3. The van der Waals surface area contributed by atoms with Crippen LogP contribution in [0.3, 0.4) is 0 Å². The molecule has 42 heavy (non-hydrogen) atoms. The van der Waals surface area contributed by atoms with Crippen LogP contribution in [0.25, 0.3) is 5.69 Å². The van der Waals surface area contributed by atoms with Crippen LogP contribution in [-0.4, -0.2) is 30.3 Å². The Hall–Kier alpha value is -3.63. The van der Waals surface area contributed by atoms with Crippen molar-refractivity contribution in [3.8, 4) is 11.4 Å². The van der Waals surface area contributed by atoms with Crippen LogP contribution in [-0.2, 0) is 22.2 Å². The van der Waals surface area contributed by atoms with Crippen LogP contribution in [0.5, 0.6) is 5.75 Å². The average Bonchev–Trinajstić information content (AvgIpc) is 3.41. The molecule has 1 N–H and O–H groups in total. The number of sulfonamides is 1. The number of hydrogen-bond donors (Lipinski definition) is 1. The van der Waals surface area contributed by atoms with Gasteiger partial charge in [0.05, 0.1) is 23.7 Å². The molecule has 0 aliphatic heterocycles. The number of nitrogens with one attached hydrogen (secondary N) is 1. The average molecular weight is 619 g/mol. The second-order valence-electron chi connectivity index (χ2n) is 9.92. The third kappa shape index (κ3) is 7.04. The number of methoxy groups -OCH3 is 1. The number of benzene rings is 4. The van der Waals surface area contributed by atoms with Gasteiger partial charge in [-0.15, -0.1) is 10.2 Å². The topological polar surface area (TPSA) is 86.1 Å². The molecule has 1 atom stereocenters. The summed E-state index contributed by atoms with van der Waals surface area (Å²) in [4.78, 5) is 0.125. The fraction of sp³-hybridized carbons (Fsp3) is 0.188. The lowest BCUT2D eigenvalue weighted by Gasteiger charge is -2.21. The first-order valence-corrected chi connectivity index (χ1v) is 16.2. The Morgan fingerprint density at radius 1 is 0.905 bits per heavy atom. The lowest BCUT2D eigenvalue weighted by Crippen LogP contribution is -2.32. The SMILES string of the molecule is COc1ccc(S(=O)(=O)NC(Cc2ccccc2)c2nnc(SCc3cccc(C)c3)n2-c2cc(Cl)ccc2C)cc1. The van der Waals surface area contributed by atoms with Gasteiger partial charge in [-0.05, 0) is 73.4 Å². The van der Waals surface area contributed by atoms with Crippen molar-refractivity contribution in [2.24, 2.45) is 0 Å². The van der Waals surface area contributed by atoms with Crippen LogP contribution in [0.4, 0.5) is 0 Å². The Balaban J connectivity index is 1.60. The largest absolute Gasteiger partial charge is 0.497 e. The second-order valence-corrected chi connectivity index (χ2v) is 13.0. The highest BCUT2D eigenvalue weighted by Gasteiger charge is 2.29. The van der Waals surface area contributed by atoms with Gasteiger partial charge in [0.2, 0.25) is 10.0 Å². The molecule has 1 aromatic heterocycles. The van der Waals surface area contributed by atoms with E-state index in [-0.39, 0.29) is 4.90 Å². The summed E-state index contributed by atoms with van der Waals surface area (Å²) in [5.74, 6) is 1.70. The normalized spacial score (nSPS) is 12.3. The van der Waals surface area contributed by atoms with Gasteiger partial charge in [0.1, 0.15) is 5.75 Å². The number of thioether (sulfide) groups is 1. The van der Waals surface area contributed by atoms with Crippen molar-refractivity contribution in [3.05, 3.63) is 130 Å². The third-order valence-electron chi connectivity index (χ3n) is 6.78. The van der Waals surface area contributed by atoms with Crippen LogP contribution in [0.15, 0.2) is 107 Å². The standard InChI is InChI=1S/C32H31ClN4O3S2/c1-22-8-7-11-25(18-22)21-41-32-35-34-31(37(32)30-20-26(33)13-12-23(30)2)29(19-24-9-5-4-6-10-24)36-42(38,39)28-16-14-27(40-3)15-17-28/h4-18,20,29,36H,19,21H2,1-3H3. The minimum Gasteiger partial charge on any atom is -0.497 e. The molecule has 0 saturated heterocycles. The first-order valence-electron chi connectivity index (χ1n) is 13.3. The van der Waals surface area contributed by atoms with E-state index in [2.05, 4.69) is 40.0 Å². The van der Waals surface area contributed by atoms with E-state index in [1.807, 2.05) is 66.1 Å². The molecule has 0 fully saturated rings. The molecular weight excluding hydrogens is 588 g/mol. The van der Waals surface area contributed by atoms with Gasteiger partial charge in [-0.2, -0.15) is 0 Å². The Kier molecular flexibility index (Phi) is 9.33. The molecule has 0 aliphatic rings. The number of hydrogen-bond acceptors (Lipinski definition) is 6. The summed E-state index contributed by atoms with van der Waals surface area (Å²) in [5, 5.41) is 10.4. The Bertz CT molecular complexity index is 1780. The van der Waals surface area contributed by atoms with Crippen LogP contribution >= 0.6 is 23.4 Å². The van der Waals surface area contributed by atoms with Crippen LogP contribution in [0.2, 0.25) is 5.02 Å². The zero-order valence-electron chi connectivity index (χ0n) is 23.5. The van der Waals surface area contributed by atoms with Crippen molar-refractivity contribution in [1.82, 2.24) is 19.5 Å². The van der Waals surface area contributed by atoms with E-state index in [1.54, 1.807) is 12.1 Å². The molecule has 0 saturated carbocycles. The molecule has 0 radical (unpaired) electrons. The number of ether oxygens (including phenoxy) is 1. The quantitative estimate of drug-likeness (QED) is 0.159. The van der Waals surface area contributed by atoms with Gasteiger partial charge in [-0.25, -0.2) is 13.1 Å². The molecular formula is C32H31ClN4O3S2. The lowest BCUT2D eigenvalue weighted by molar-refractivity contribution is 0.414. The van der Waals surface area contributed by atoms with E-state index in [1.165, 1.54) is 36.6 Å². The van der Waals surface area contributed by atoms with Gasteiger partial charge in [0.15, 0.2) is 11.0 Å². The maximum atomic E-state index is 13.7. The van der Waals surface area contributed by atoms with Gasteiger partial charge in [-0.3, -0.25) is 4.57 Å². The van der Waals surface area contributed by atoms with E-state index in [0.29, 0.717) is 33.9 Å². The van der Waals surface area contributed by atoms with Gasteiger partial charge in [-0.1, -0.05) is 89.6 Å². The Morgan fingerprint density at radius 2 is 1.64 bits per heavy atom. The minimum absolute atomic E-state index is 0.125. The number of aryl methyl sites for hydroxylation is 2. The van der Waals surface area contributed by atoms with Crippen molar-refractivity contribution in [3.63, 3.8) is 0 Å². The molecule has 10 heteroatoms. The van der Waals surface area contributed by atoms with E-state index in [4.69, 9.17) is 16.3 Å². The first-order chi connectivity index (χ1) is 20.2. The molecule has 1 heterocycles. The lowest BCUT2D eigenvalue weighted by atomic mass is 10.1. The summed E-state index contributed by atoms with van der Waals surface area (Å²) in [7, 11) is -2.40. The van der Waals surface area contributed by atoms with Gasteiger partial charge in [0, 0.05) is 10.8 Å². The molecule has 5 aromatic rings. The molecule has 1 unspecified atom stereocenters. The van der Waals surface area contributed by atoms with E-state index >= 15 is 0 Å². The zero-order valence-corrected chi connectivity index (χ0v) is 25.9. The summed E-state index contributed by atoms with van der Waals surface area (Å²) in [6.07, 6.45) is 0.358. The van der Waals surface area contributed by atoms with E-state index in [0.717, 1.165) is 22.4 Å². The van der Waals surface area contributed by atoms with Crippen molar-refractivity contribution in [2.45, 2.75) is 42.1 Å². The van der Waals surface area contributed by atoms with Gasteiger partial charge >= 0.3 is 0 Å². The number of rotatable bonds is 11. The fourth-order valence-corrected chi connectivity index (χ4v) is 6.90.